The Morgan fingerprint density at radius 2 is 1.78 bits per heavy atom. The van der Waals surface area contributed by atoms with Gasteiger partial charge in [0.1, 0.15) is 0 Å². The first kappa shape index (κ1) is 17.8. The van der Waals surface area contributed by atoms with Crippen molar-refractivity contribution in [3.05, 3.63) is 29.8 Å². The summed E-state index contributed by atoms with van der Waals surface area (Å²) in [5, 5.41) is 0. The minimum atomic E-state index is 0. The zero-order valence-corrected chi connectivity index (χ0v) is 13.4. The van der Waals surface area contributed by atoms with E-state index in [1.807, 2.05) is 0 Å². The van der Waals surface area contributed by atoms with E-state index < -0.39 is 0 Å². The van der Waals surface area contributed by atoms with E-state index >= 15 is 0 Å². The third kappa shape index (κ3) is 6.10. The van der Waals surface area contributed by atoms with Crippen molar-refractivity contribution >= 4 is 24.2 Å². The van der Waals surface area contributed by atoms with E-state index in [9.17, 15) is 0 Å². The lowest BCUT2D eigenvalue weighted by Crippen LogP contribution is -2.36. The van der Waals surface area contributed by atoms with Crippen LogP contribution in [0.15, 0.2) is 29.2 Å². The van der Waals surface area contributed by atoms with E-state index in [1.165, 1.54) is 10.5 Å². The predicted octanol–water partition coefficient (Wildman–Crippen LogP) is 3.25. The Bertz CT molecular complexity index is 338. The van der Waals surface area contributed by atoms with Crippen LogP contribution in [0.4, 0.5) is 0 Å². The second-order valence-electron chi connectivity index (χ2n) is 5.39. The van der Waals surface area contributed by atoms with Gasteiger partial charge in [-0.25, -0.2) is 0 Å². The third-order valence-corrected chi connectivity index (χ3v) is 3.61. The number of thioether (sulfide) groups is 1. The number of halogens is 1. The lowest BCUT2D eigenvalue weighted by molar-refractivity contribution is 0.210. The Hall–Kier alpha value is -0.220. The highest BCUT2D eigenvalue weighted by molar-refractivity contribution is 7.98. The van der Waals surface area contributed by atoms with Crippen molar-refractivity contribution in [2.24, 2.45) is 11.1 Å². The van der Waals surface area contributed by atoms with Crippen molar-refractivity contribution in [2.75, 3.05) is 26.4 Å². The molecule has 1 aromatic carbocycles. The number of hydrogen-bond acceptors (Lipinski definition) is 3. The van der Waals surface area contributed by atoms with E-state index in [0.29, 0.717) is 0 Å². The molecule has 0 aliphatic heterocycles. The van der Waals surface area contributed by atoms with Gasteiger partial charge in [-0.15, -0.1) is 24.2 Å². The summed E-state index contributed by atoms with van der Waals surface area (Å²) in [7, 11) is 2.15. The minimum Gasteiger partial charge on any atom is -0.330 e. The number of benzene rings is 1. The second-order valence-corrected chi connectivity index (χ2v) is 6.27. The van der Waals surface area contributed by atoms with E-state index in [2.05, 4.69) is 56.3 Å². The van der Waals surface area contributed by atoms with Crippen molar-refractivity contribution < 1.29 is 0 Å². The van der Waals surface area contributed by atoms with Gasteiger partial charge in [0.15, 0.2) is 0 Å². The molecule has 4 heteroatoms. The van der Waals surface area contributed by atoms with Gasteiger partial charge in [-0.3, -0.25) is 0 Å². The quantitative estimate of drug-likeness (QED) is 0.815. The van der Waals surface area contributed by atoms with Gasteiger partial charge in [-0.1, -0.05) is 26.0 Å². The molecule has 0 heterocycles. The summed E-state index contributed by atoms with van der Waals surface area (Å²) in [6.07, 6.45) is 2.10. The standard InChI is InChI=1S/C14H24N2S.ClH/c1-14(2,10-15)11-16(3)9-12-5-7-13(17-4)8-6-12;/h5-8H,9-11,15H2,1-4H3;1H. The zero-order valence-electron chi connectivity index (χ0n) is 11.8. The SMILES string of the molecule is CSc1ccc(CN(C)CC(C)(C)CN)cc1.Cl. The molecule has 0 amide bonds. The Labute approximate surface area is 122 Å². The van der Waals surface area contributed by atoms with Crippen LogP contribution >= 0.6 is 24.2 Å². The first-order valence-corrected chi connectivity index (χ1v) is 7.21. The van der Waals surface area contributed by atoms with Gasteiger partial charge < -0.3 is 10.6 Å². The van der Waals surface area contributed by atoms with Crippen LogP contribution in [-0.2, 0) is 6.54 Å². The van der Waals surface area contributed by atoms with Crippen LogP contribution < -0.4 is 5.73 Å². The molecule has 18 heavy (non-hydrogen) atoms. The molecule has 1 rings (SSSR count). The third-order valence-electron chi connectivity index (χ3n) is 2.86. The van der Waals surface area contributed by atoms with E-state index in [-0.39, 0.29) is 17.8 Å². The summed E-state index contributed by atoms with van der Waals surface area (Å²) in [4.78, 5) is 3.65. The van der Waals surface area contributed by atoms with Crippen molar-refractivity contribution in [1.82, 2.24) is 4.90 Å². The smallest absolute Gasteiger partial charge is 0.0230 e. The van der Waals surface area contributed by atoms with E-state index in [0.717, 1.165) is 19.6 Å². The molecule has 2 nitrogen and oxygen atoms in total. The van der Waals surface area contributed by atoms with Gasteiger partial charge in [0.25, 0.3) is 0 Å². The Morgan fingerprint density at radius 1 is 1.22 bits per heavy atom. The van der Waals surface area contributed by atoms with Crippen LogP contribution in [0, 0.1) is 5.41 Å². The molecule has 0 atom stereocenters. The summed E-state index contributed by atoms with van der Waals surface area (Å²) in [5.41, 5.74) is 7.30. The van der Waals surface area contributed by atoms with Gasteiger partial charge in [-0.05, 0) is 43.0 Å². The van der Waals surface area contributed by atoms with Gasteiger partial charge in [0.2, 0.25) is 0 Å². The molecule has 0 spiro atoms. The predicted molar refractivity (Wildman–Crippen MR) is 84.6 cm³/mol. The number of nitrogens with two attached hydrogens (primary N) is 1. The monoisotopic (exact) mass is 288 g/mol. The number of nitrogens with zero attached hydrogens (tertiary/aromatic N) is 1. The summed E-state index contributed by atoms with van der Waals surface area (Å²) in [5.74, 6) is 0. The van der Waals surface area contributed by atoms with Crippen molar-refractivity contribution in [2.45, 2.75) is 25.3 Å². The highest BCUT2D eigenvalue weighted by Gasteiger charge is 2.17. The van der Waals surface area contributed by atoms with Crippen LogP contribution in [0.3, 0.4) is 0 Å². The van der Waals surface area contributed by atoms with Crippen LogP contribution in [0.1, 0.15) is 19.4 Å². The molecule has 0 aliphatic carbocycles. The molecule has 0 radical (unpaired) electrons. The normalized spacial score (nSPS) is 11.4. The van der Waals surface area contributed by atoms with E-state index in [1.54, 1.807) is 11.8 Å². The molecule has 0 unspecified atom stereocenters. The highest BCUT2D eigenvalue weighted by Crippen LogP contribution is 2.18. The van der Waals surface area contributed by atoms with Gasteiger partial charge in [0, 0.05) is 18.0 Å². The van der Waals surface area contributed by atoms with Gasteiger partial charge >= 0.3 is 0 Å². The van der Waals surface area contributed by atoms with Gasteiger partial charge in [-0.2, -0.15) is 0 Å². The number of rotatable bonds is 6. The highest BCUT2D eigenvalue weighted by atomic mass is 35.5. The molecule has 0 saturated carbocycles. The maximum absolute atomic E-state index is 5.76. The van der Waals surface area contributed by atoms with Crippen LogP contribution in [0.2, 0.25) is 0 Å². The lowest BCUT2D eigenvalue weighted by Gasteiger charge is -2.29. The molecule has 1 aromatic rings. The van der Waals surface area contributed by atoms with Crippen molar-refractivity contribution in [3.8, 4) is 0 Å². The molecule has 2 N–H and O–H groups in total. The maximum atomic E-state index is 5.76. The van der Waals surface area contributed by atoms with Crippen LogP contribution in [0.25, 0.3) is 0 Å². The zero-order chi connectivity index (χ0) is 12.9. The molecule has 0 saturated heterocycles. The fourth-order valence-corrected chi connectivity index (χ4v) is 2.30. The average Bonchev–Trinajstić information content (AvgIpc) is 2.29. The Kier molecular flexibility index (Phi) is 7.95. The summed E-state index contributed by atoms with van der Waals surface area (Å²) < 4.78 is 0. The fourth-order valence-electron chi connectivity index (χ4n) is 1.89. The Morgan fingerprint density at radius 3 is 2.22 bits per heavy atom. The average molecular weight is 289 g/mol. The van der Waals surface area contributed by atoms with Crippen LogP contribution in [-0.4, -0.2) is 31.3 Å². The lowest BCUT2D eigenvalue weighted by atomic mass is 9.93. The van der Waals surface area contributed by atoms with E-state index in [4.69, 9.17) is 5.73 Å². The molecule has 0 aliphatic rings. The number of hydrogen-bond donors (Lipinski definition) is 1. The molecular weight excluding hydrogens is 264 g/mol. The molecule has 0 fully saturated rings. The van der Waals surface area contributed by atoms with Gasteiger partial charge in [0.05, 0.1) is 0 Å². The molecule has 0 aromatic heterocycles. The second kappa shape index (κ2) is 8.05. The summed E-state index contributed by atoms with van der Waals surface area (Å²) >= 11 is 1.78. The Balaban J connectivity index is 0.00000289. The molecule has 104 valence electrons. The van der Waals surface area contributed by atoms with Crippen LogP contribution in [0.5, 0.6) is 0 Å². The van der Waals surface area contributed by atoms with Crippen molar-refractivity contribution in [1.29, 1.82) is 0 Å². The largest absolute Gasteiger partial charge is 0.330 e. The molecule has 0 bridgehead atoms. The first-order valence-electron chi connectivity index (χ1n) is 5.98. The van der Waals surface area contributed by atoms with Crippen molar-refractivity contribution in [3.63, 3.8) is 0 Å². The summed E-state index contributed by atoms with van der Waals surface area (Å²) in [6, 6.07) is 8.78. The first-order chi connectivity index (χ1) is 7.96. The maximum Gasteiger partial charge on any atom is 0.0230 e. The molecular formula is C14H25ClN2S. The fraction of sp³-hybridized carbons (Fsp3) is 0.571. The minimum absolute atomic E-state index is 0. The topological polar surface area (TPSA) is 29.3 Å². The summed E-state index contributed by atoms with van der Waals surface area (Å²) in [6.45, 7) is 7.15.